The van der Waals surface area contributed by atoms with Crippen molar-refractivity contribution in [2.75, 3.05) is 19.5 Å². The Morgan fingerprint density at radius 3 is 2.33 bits per heavy atom. The van der Waals surface area contributed by atoms with E-state index in [0.717, 1.165) is 5.56 Å². The second kappa shape index (κ2) is 6.88. The maximum Gasteiger partial charge on any atom is 0.233 e. The fourth-order valence-electron chi connectivity index (χ4n) is 1.87. The Kier molecular flexibility index (Phi) is 5.93. The lowest BCUT2D eigenvalue weighted by molar-refractivity contribution is 0.160. The number of methoxy groups -OCH3 is 1. The van der Waals surface area contributed by atoms with Crippen LogP contribution in [0.5, 0.6) is 11.5 Å². The van der Waals surface area contributed by atoms with Crippen LogP contribution in [0, 0.1) is 18.3 Å². The molecule has 6 heteroatoms. The van der Waals surface area contributed by atoms with Gasteiger partial charge in [0.15, 0.2) is 11.5 Å². The standard InChI is InChI=1S/C15H23ClO4S/c1-11-6-7-13(14(8-11)19-5)20-9-12(15(2,3)4)10-21(16,17)18/h6-8,12H,9-10H2,1-5H3. The third-order valence-corrected chi connectivity index (χ3v) is 4.56. The smallest absolute Gasteiger partial charge is 0.233 e. The molecule has 4 nitrogen and oxygen atoms in total. The molecule has 1 atom stereocenters. The molecule has 0 bridgehead atoms. The van der Waals surface area contributed by atoms with Crippen LogP contribution in [0.2, 0.25) is 0 Å². The van der Waals surface area contributed by atoms with Gasteiger partial charge < -0.3 is 9.47 Å². The van der Waals surface area contributed by atoms with Gasteiger partial charge >= 0.3 is 0 Å². The number of benzene rings is 1. The van der Waals surface area contributed by atoms with Gasteiger partial charge in [-0.05, 0) is 30.0 Å². The Bertz CT molecular complexity index is 576. The first-order valence-electron chi connectivity index (χ1n) is 6.72. The Labute approximate surface area is 131 Å². The molecule has 1 rings (SSSR count). The van der Waals surface area contributed by atoms with Gasteiger partial charge in [-0.25, -0.2) is 8.42 Å². The molecular weight excluding hydrogens is 312 g/mol. The van der Waals surface area contributed by atoms with E-state index in [2.05, 4.69) is 0 Å². The summed E-state index contributed by atoms with van der Waals surface area (Å²) >= 11 is 0. The number of ether oxygens (including phenoxy) is 2. The summed E-state index contributed by atoms with van der Waals surface area (Å²) in [5.74, 6) is 0.901. The van der Waals surface area contributed by atoms with Gasteiger partial charge in [-0.15, -0.1) is 0 Å². The fraction of sp³-hybridized carbons (Fsp3) is 0.600. The molecule has 0 heterocycles. The predicted molar refractivity (Wildman–Crippen MR) is 85.8 cm³/mol. The largest absolute Gasteiger partial charge is 0.493 e. The van der Waals surface area contributed by atoms with E-state index in [0.29, 0.717) is 11.5 Å². The summed E-state index contributed by atoms with van der Waals surface area (Å²) in [7, 11) is 3.39. The fourth-order valence-corrected chi connectivity index (χ4v) is 3.41. The summed E-state index contributed by atoms with van der Waals surface area (Å²) in [5.41, 5.74) is 0.829. The van der Waals surface area contributed by atoms with Crippen molar-refractivity contribution in [2.24, 2.45) is 11.3 Å². The molecule has 120 valence electrons. The SMILES string of the molecule is COc1cc(C)ccc1OCC(CS(=O)(=O)Cl)C(C)(C)C. The summed E-state index contributed by atoms with van der Waals surface area (Å²) in [6, 6.07) is 5.62. The molecule has 0 aliphatic carbocycles. The van der Waals surface area contributed by atoms with Crippen LogP contribution in [0.3, 0.4) is 0 Å². The van der Waals surface area contributed by atoms with Crippen molar-refractivity contribution in [3.8, 4) is 11.5 Å². The van der Waals surface area contributed by atoms with Gasteiger partial charge in [0.1, 0.15) is 0 Å². The molecule has 0 saturated carbocycles. The molecule has 0 fully saturated rings. The van der Waals surface area contributed by atoms with Crippen molar-refractivity contribution < 1.29 is 17.9 Å². The van der Waals surface area contributed by atoms with Gasteiger partial charge in [-0.3, -0.25) is 0 Å². The molecule has 0 spiro atoms. The van der Waals surface area contributed by atoms with Crippen molar-refractivity contribution in [3.05, 3.63) is 23.8 Å². The minimum Gasteiger partial charge on any atom is -0.493 e. The maximum atomic E-state index is 11.4. The molecule has 1 unspecified atom stereocenters. The van der Waals surface area contributed by atoms with E-state index in [1.807, 2.05) is 45.9 Å². The minimum absolute atomic E-state index is 0.119. The van der Waals surface area contributed by atoms with Crippen LogP contribution in [0.4, 0.5) is 0 Å². The quantitative estimate of drug-likeness (QED) is 0.746. The number of halogens is 1. The van der Waals surface area contributed by atoms with Crippen molar-refractivity contribution in [1.82, 2.24) is 0 Å². The van der Waals surface area contributed by atoms with Crippen molar-refractivity contribution in [2.45, 2.75) is 27.7 Å². The van der Waals surface area contributed by atoms with Crippen LogP contribution >= 0.6 is 10.7 Å². The van der Waals surface area contributed by atoms with Crippen molar-refractivity contribution in [3.63, 3.8) is 0 Å². The van der Waals surface area contributed by atoms with E-state index in [1.54, 1.807) is 7.11 Å². The molecule has 1 aromatic rings. The molecule has 0 radical (unpaired) electrons. The average molecular weight is 335 g/mol. The van der Waals surface area contributed by atoms with Crippen LogP contribution in [-0.4, -0.2) is 27.9 Å². The van der Waals surface area contributed by atoms with Gasteiger partial charge in [-0.2, -0.15) is 0 Å². The summed E-state index contributed by atoms with van der Waals surface area (Å²) in [5, 5.41) is 0. The Hall–Kier alpha value is -0.940. The van der Waals surface area contributed by atoms with E-state index < -0.39 is 9.05 Å². The average Bonchev–Trinajstić information content (AvgIpc) is 2.32. The Morgan fingerprint density at radius 1 is 1.24 bits per heavy atom. The topological polar surface area (TPSA) is 52.6 Å². The van der Waals surface area contributed by atoms with Crippen LogP contribution < -0.4 is 9.47 Å². The summed E-state index contributed by atoms with van der Waals surface area (Å²) in [6.07, 6.45) is 0. The third-order valence-electron chi connectivity index (χ3n) is 3.38. The van der Waals surface area contributed by atoms with Gasteiger partial charge in [0.25, 0.3) is 0 Å². The lowest BCUT2D eigenvalue weighted by Crippen LogP contribution is -2.31. The highest BCUT2D eigenvalue weighted by molar-refractivity contribution is 8.13. The summed E-state index contributed by atoms with van der Waals surface area (Å²) in [6.45, 7) is 8.12. The third kappa shape index (κ3) is 6.14. The molecule has 0 aliphatic rings. The van der Waals surface area contributed by atoms with E-state index in [-0.39, 0.29) is 23.7 Å². The van der Waals surface area contributed by atoms with Crippen LogP contribution in [0.25, 0.3) is 0 Å². The zero-order valence-electron chi connectivity index (χ0n) is 13.1. The lowest BCUT2D eigenvalue weighted by Gasteiger charge is -2.29. The van der Waals surface area contributed by atoms with Gasteiger partial charge in [0, 0.05) is 16.6 Å². The molecule has 21 heavy (non-hydrogen) atoms. The predicted octanol–water partition coefficient (Wildman–Crippen LogP) is 3.61. The summed E-state index contributed by atoms with van der Waals surface area (Å²) in [4.78, 5) is 0. The second-order valence-electron chi connectivity index (χ2n) is 6.23. The van der Waals surface area contributed by atoms with Crippen LogP contribution in [-0.2, 0) is 9.05 Å². The molecule has 0 saturated heterocycles. The molecule has 1 aromatic carbocycles. The Morgan fingerprint density at radius 2 is 1.86 bits per heavy atom. The highest BCUT2D eigenvalue weighted by atomic mass is 35.7. The lowest BCUT2D eigenvalue weighted by atomic mass is 9.82. The van der Waals surface area contributed by atoms with Gasteiger partial charge in [-0.1, -0.05) is 26.8 Å². The normalized spacial score (nSPS) is 13.8. The van der Waals surface area contributed by atoms with Crippen LogP contribution in [0.15, 0.2) is 18.2 Å². The van der Waals surface area contributed by atoms with E-state index in [9.17, 15) is 8.42 Å². The molecule has 0 N–H and O–H groups in total. The summed E-state index contributed by atoms with van der Waals surface area (Å²) < 4.78 is 33.8. The zero-order chi connectivity index (χ0) is 16.3. The number of hydrogen-bond acceptors (Lipinski definition) is 4. The monoisotopic (exact) mass is 334 g/mol. The Balaban J connectivity index is 2.87. The molecular formula is C15H23ClO4S. The minimum atomic E-state index is -3.57. The number of rotatable bonds is 6. The van der Waals surface area contributed by atoms with Gasteiger partial charge in [0.05, 0.1) is 19.5 Å². The second-order valence-corrected chi connectivity index (χ2v) is 9.06. The highest BCUT2D eigenvalue weighted by Crippen LogP contribution is 2.32. The van der Waals surface area contributed by atoms with E-state index >= 15 is 0 Å². The first kappa shape index (κ1) is 18.1. The van der Waals surface area contributed by atoms with Crippen molar-refractivity contribution in [1.29, 1.82) is 0 Å². The highest BCUT2D eigenvalue weighted by Gasteiger charge is 2.30. The first-order chi connectivity index (χ1) is 9.53. The van der Waals surface area contributed by atoms with E-state index in [4.69, 9.17) is 20.2 Å². The van der Waals surface area contributed by atoms with Gasteiger partial charge in [0.2, 0.25) is 9.05 Å². The number of hydrogen-bond donors (Lipinski definition) is 0. The molecule has 0 aromatic heterocycles. The number of aryl methyl sites for hydroxylation is 1. The van der Waals surface area contributed by atoms with Crippen molar-refractivity contribution >= 4 is 19.7 Å². The first-order valence-corrected chi connectivity index (χ1v) is 9.20. The zero-order valence-corrected chi connectivity index (χ0v) is 14.7. The van der Waals surface area contributed by atoms with Crippen LogP contribution in [0.1, 0.15) is 26.3 Å². The molecule has 0 aliphatic heterocycles. The van der Waals surface area contributed by atoms with E-state index in [1.165, 1.54) is 0 Å². The maximum absolute atomic E-state index is 11.4. The molecule has 0 amide bonds.